The quantitative estimate of drug-likeness (QED) is 0.852. The summed E-state index contributed by atoms with van der Waals surface area (Å²) >= 11 is 0. The van der Waals surface area contributed by atoms with E-state index in [4.69, 9.17) is 4.74 Å². The summed E-state index contributed by atoms with van der Waals surface area (Å²) in [6, 6.07) is 4.32. The third-order valence-corrected chi connectivity index (χ3v) is 3.73. The van der Waals surface area contributed by atoms with Gasteiger partial charge in [0.25, 0.3) is 0 Å². The number of ether oxygens (including phenoxy) is 1. The van der Waals surface area contributed by atoms with Crippen LogP contribution in [-0.2, 0) is 11.3 Å². The summed E-state index contributed by atoms with van der Waals surface area (Å²) in [6.07, 6.45) is 4.39. The smallest absolute Gasteiger partial charge is 0.128 e. The van der Waals surface area contributed by atoms with Crippen molar-refractivity contribution in [2.24, 2.45) is 5.92 Å². The normalized spacial score (nSPS) is 16.8. The molecule has 2 rings (SSSR count). The summed E-state index contributed by atoms with van der Waals surface area (Å²) in [4.78, 5) is 6.96. The average molecular weight is 263 g/mol. The van der Waals surface area contributed by atoms with E-state index in [1.165, 1.54) is 18.4 Å². The van der Waals surface area contributed by atoms with Gasteiger partial charge in [0.1, 0.15) is 5.82 Å². The molecule has 4 nitrogen and oxygen atoms in total. The molecule has 1 N–H and O–H groups in total. The van der Waals surface area contributed by atoms with E-state index in [9.17, 15) is 0 Å². The molecule has 0 unspecified atom stereocenters. The lowest BCUT2D eigenvalue weighted by molar-refractivity contribution is 0.139. The minimum Gasteiger partial charge on any atom is -0.384 e. The average Bonchev–Trinajstić information content (AvgIpc) is 2.47. The molecule has 0 aromatic carbocycles. The van der Waals surface area contributed by atoms with Crippen molar-refractivity contribution < 1.29 is 4.74 Å². The number of nitrogens with one attached hydrogen (secondary N) is 1. The number of hydrogen-bond donors (Lipinski definition) is 1. The van der Waals surface area contributed by atoms with Crippen LogP contribution in [0.4, 0.5) is 5.82 Å². The molecule has 0 bridgehead atoms. The Balaban J connectivity index is 1.85. The van der Waals surface area contributed by atoms with E-state index in [-0.39, 0.29) is 0 Å². The second kappa shape index (κ2) is 7.46. The van der Waals surface area contributed by atoms with Gasteiger partial charge in [-0.2, -0.15) is 0 Å². The molecule has 1 aromatic heterocycles. The van der Waals surface area contributed by atoms with Crippen LogP contribution in [0.5, 0.6) is 0 Å². The fourth-order valence-electron chi connectivity index (χ4n) is 2.54. The predicted molar refractivity (Wildman–Crippen MR) is 78.4 cm³/mol. The van der Waals surface area contributed by atoms with Crippen LogP contribution >= 0.6 is 0 Å². The molecule has 0 spiro atoms. The van der Waals surface area contributed by atoms with Crippen LogP contribution in [-0.4, -0.2) is 38.3 Å². The van der Waals surface area contributed by atoms with E-state index >= 15 is 0 Å². The van der Waals surface area contributed by atoms with Gasteiger partial charge >= 0.3 is 0 Å². The van der Waals surface area contributed by atoms with Crippen molar-refractivity contribution in [2.75, 3.05) is 38.3 Å². The zero-order valence-electron chi connectivity index (χ0n) is 12.1. The van der Waals surface area contributed by atoms with Crippen LogP contribution < -0.4 is 10.2 Å². The summed E-state index contributed by atoms with van der Waals surface area (Å²) in [5.41, 5.74) is 1.25. The standard InChI is InChI=1S/C15H25N3O/c1-3-16-10-14-4-5-15(17-11-14)18-8-6-13(7-9-18)12-19-2/h4-5,11,13,16H,3,6-10,12H2,1-2H3. The van der Waals surface area contributed by atoms with Crippen LogP contribution in [0, 0.1) is 5.92 Å². The highest BCUT2D eigenvalue weighted by Crippen LogP contribution is 2.21. The topological polar surface area (TPSA) is 37.4 Å². The molecule has 0 aliphatic carbocycles. The number of anilines is 1. The fourth-order valence-corrected chi connectivity index (χ4v) is 2.54. The molecule has 0 atom stereocenters. The first kappa shape index (κ1) is 14.3. The first-order chi connectivity index (χ1) is 9.33. The highest BCUT2D eigenvalue weighted by atomic mass is 16.5. The number of methoxy groups -OCH3 is 1. The van der Waals surface area contributed by atoms with Gasteiger partial charge in [0, 0.05) is 39.5 Å². The SMILES string of the molecule is CCNCc1ccc(N2CCC(COC)CC2)nc1. The van der Waals surface area contributed by atoms with Crippen LogP contribution in [0.1, 0.15) is 25.3 Å². The first-order valence-electron chi connectivity index (χ1n) is 7.23. The first-order valence-corrected chi connectivity index (χ1v) is 7.23. The van der Waals surface area contributed by atoms with E-state index in [0.717, 1.165) is 38.6 Å². The number of aromatic nitrogens is 1. The van der Waals surface area contributed by atoms with Crippen molar-refractivity contribution in [1.29, 1.82) is 0 Å². The van der Waals surface area contributed by atoms with Gasteiger partial charge in [-0.1, -0.05) is 13.0 Å². The third-order valence-electron chi connectivity index (χ3n) is 3.73. The molecular weight excluding hydrogens is 238 g/mol. The monoisotopic (exact) mass is 263 g/mol. The molecule has 2 heterocycles. The molecule has 106 valence electrons. The van der Waals surface area contributed by atoms with Crippen molar-refractivity contribution in [1.82, 2.24) is 10.3 Å². The number of nitrogens with zero attached hydrogens (tertiary/aromatic N) is 2. The van der Waals surface area contributed by atoms with E-state index < -0.39 is 0 Å². The van der Waals surface area contributed by atoms with Crippen molar-refractivity contribution in [3.63, 3.8) is 0 Å². The van der Waals surface area contributed by atoms with E-state index in [2.05, 4.69) is 34.3 Å². The molecule has 4 heteroatoms. The molecule has 19 heavy (non-hydrogen) atoms. The highest BCUT2D eigenvalue weighted by molar-refractivity contribution is 5.39. The molecule has 1 aromatic rings. The van der Waals surface area contributed by atoms with E-state index in [0.29, 0.717) is 5.92 Å². The number of pyridine rings is 1. The van der Waals surface area contributed by atoms with E-state index in [1.54, 1.807) is 7.11 Å². The fraction of sp³-hybridized carbons (Fsp3) is 0.667. The lowest BCUT2D eigenvalue weighted by Gasteiger charge is -2.32. The Morgan fingerprint density at radius 2 is 2.16 bits per heavy atom. The van der Waals surface area contributed by atoms with Crippen molar-refractivity contribution in [3.05, 3.63) is 23.9 Å². The van der Waals surface area contributed by atoms with Crippen LogP contribution in [0.25, 0.3) is 0 Å². The second-order valence-corrected chi connectivity index (χ2v) is 5.19. The molecule has 0 amide bonds. The van der Waals surface area contributed by atoms with Gasteiger partial charge < -0.3 is 15.0 Å². The summed E-state index contributed by atoms with van der Waals surface area (Å²) in [5.74, 6) is 1.82. The van der Waals surface area contributed by atoms with Crippen LogP contribution in [0.15, 0.2) is 18.3 Å². The van der Waals surface area contributed by atoms with Gasteiger partial charge in [0.15, 0.2) is 0 Å². The summed E-state index contributed by atoms with van der Waals surface area (Å²) in [5, 5.41) is 3.32. The van der Waals surface area contributed by atoms with E-state index in [1.807, 2.05) is 6.20 Å². The highest BCUT2D eigenvalue weighted by Gasteiger charge is 2.19. The zero-order valence-corrected chi connectivity index (χ0v) is 12.1. The maximum Gasteiger partial charge on any atom is 0.128 e. The van der Waals surface area contributed by atoms with Crippen molar-refractivity contribution in [2.45, 2.75) is 26.3 Å². The molecule has 1 aliphatic heterocycles. The Morgan fingerprint density at radius 3 is 2.74 bits per heavy atom. The largest absolute Gasteiger partial charge is 0.384 e. The van der Waals surface area contributed by atoms with Gasteiger partial charge in [-0.3, -0.25) is 0 Å². The lowest BCUT2D eigenvalue weighted by Crippen LogP contribution is -2.35. The Labute approximate surface area is 116 Å². The molecule has 1 fully saturated rings. The molecule has 0 saturated carbocycles. The van der Waals surface area contributed by atoms with Gasteiger partial charge in [-0.25, -0.2) is 4.98 Å². The number of rotatable bonds is 6. The summed E-state index contributed by atoms with van der Waals surface area (Å²) in [7, 11) is 1.79. The third kappa shape index (κ3) is 4.18. The lowest BCUT2D eigenvalue weighted by atomic mass is 9.98. The number of hydrogen-bond acceptors (Lipinski definition) is 4. The van der Waals surface area contributed by atoms with Gasteiger partial charge in [-0.15, -0.1) is 0 Å². The maximum absolute atomic E-state index is 5.23. The number of piperidine rings is 1. The van der Waals surface area contributed by atoms with Crippen LogP contribution in [0.2, 0.25) is 0 Å². The molecule has 0 radical (unpaired) electrons. The Hall–Kier alpha value is -1.13. The molecular formula is C15H25N3O. The summed E-state index contributed by atoms with van der Waals surface area (Å²) < 4.78 is 5.23. The van der Waals surface area contributed by atoms with Crippen molar-refractivity contribution >= 4 is 5.82 Å². The predicted octanol–water partition coefficient (Wildman–Crippen LogP) is 2.05. The van der Waals surface area contributed by atoms with Crippen molar-refractivity contribution in [3.8, 4) is 0 Å². The maximum atomic E-state index is 5.23. The van der Waals surface area contributed by atoms with Gasteiger partial charge in [0.2, 0.25) is 0 Å². The minimum atomic E-state index is 0.717. The minimum absolute atomic E-state index is 0.717. The summed E-state index contributed by atoms with van der Waals surface area (Å²) in [6.45, 7) is 7.09. The second-order valence-electron chi connectivity index (χ2n) is 5.19. The van der Waals surface area contributed by atoms with Crippen LogP contribution in [0.3, 0.4) is 0 Å². The Bertz CT molecular complexity index is 358. The Kier molecular flexibility index (Phi) is 5.61. The molecule has 1 saturated heterocycles. The van der Waals surface area contributed by atoms with Gasteiger partial charge in [0.05, 0.1) is 0 Å². The van der Waals surface area contributed by atoms with Gasteiger partial charge in [-0.05, 0) is 36.9 Å². The zero-order chi connectivity index (χ0) is 13.5. The molecule has 1 aliphatic rings. The Morgan fingerprint density at radius 1 is 1.37 bits per heavy atom.